The first-order chi connectivity index (χ1) is 8.49. The van der Waals surface area contributed by atoms with E-state index in [0.29, 0.717) is 5.56 Å². The van der Waals surface area contributed by atoms with Crippen LogP contribution < -0.4 is 0 Å². The summed E-state index contributed by atoms with van der Waals surface area (Å²) in [5.41, 5.74) is 0.662. The summed E-state index contributed by atoms with van der Waals surface area (Å²) < 4.78 is 26.3. The van der Waals surface area contributed by atoms with Gasteiger partial charge in [-0.25, -0.2) is 13.8 Å². The van der Waals surface area contributed by atoms with Crippen molar-refractivity contribution in [3.8, 4) is 11.3 Å². The molecule has 0 radical (unpaired) electrons. The number of rotatable bonds is 2. The lowest BCUT2D eigenvalue weighted by atomic mass is 10.1. The summed E-state index contributed by atoms with van der Waals surface area (Å²) in [5, 5.41) is 10.6. The lowest BCUT2D eigenvalue weighted by Crippen LogP contribution is -1.95. The van der Waals surface area contributed by atoms with Gasteiger partial charge < -0.3 is 0 Å². The number of halogens is 2. The highest BCUT2D eigenvalue weighted by Crippen LogP contribution is 2.26. The van der Waals surface area contributed by atoms with E-state index < -0.39 is 16.6 Å². The van der Waals surface area contributed by atoms with Gasteiger partial charge in [0.05, 0.1) is 10.6 Å². The summed E-state index contributed by atoms with van der Waals surface area (Å²) >= 11 is 0. The van der Waals surface area contributed by atoms with Gasteiger partial charge in [0.1, 0.15) is 17.8 Å². The fourth-order valence-electron chi connectivity index (χ4n) is 1.62. The van der Waals surface area contributed by atoms with E-state index in [4.69, 9.17) is 0 Å². The number of pyridine rings is 1. The van der Waals surface area contributed by atoms with Gasteiger partial charge in [-0.3, -0.25) is 10.1 Å². The van der Waals surface area contributed by atoms with Crippen molar-refractivity contribution in [2.24, 2.45) is 0 Å². The van der Waals surface area contributed by atoms with Crippen LogP contribution in [0.25, 0.3) is 11.3 Å². The van der Waals surface area contributed by atoms with Crippen LogP contribution in [0.4, 0.5) is 14.5 Å². The van der Waals surface area contributed by atoms with Crippen molar-refractivity contribution in [3.05, 3.63) is 57.8 Å². The van der Waals surface area contributed by atoms with Crippen molar-refractivity contribution < 1.29 is 13.7 Å². The van der Waals surface area contributed by atoms with Gasteiger partial charge in [-0.15, -0.1) is 0 Å². The highest BCUT2D eigenvalue weighted by atomic mass is 19.1. The summed E-state index contributed by atoms with van der Waals surface area (Å²) in [4.78, 5) is 13.8. The highest BCUT2D eigenvalue weighted by molar-refractivity contribution is 5.64. The number of nitrogens with zero attached hydrogens (tertiary/aromatic N) is 2. The zero-order chi connectivity index (χ0) is 13.3. The van der Waals surface area contributed by atoms with Gasteiger partial charge in [0.2, 0.25) is 0 Å². The normalized spacial score (nSPS) is 10.4. The second-order valence-corrected chi connectivity index (χ2v) is 3.74. The molecule has 0 bridgehead atoms. The first-order valence-corrected chi connectivity index (χ1v) is 5.05. The number of hydrogen-bond donors (Lipinski definition) is 0. The third kappa shape index (κ3) is 2.17. The Hall–Kier alpha value is -2.37. The molecule has 0 atom stereocenters. The first-order valence-electron chi connectivity index (χ1n) is 5.05. The van der Waals surface area contributed by atoms with Crippen LogP contribution in [0.1, 0.15) is 5.56 Å². The van der Waals surface area contributed by atoms with E-state index in [9.17, 15) is 18.9 Å². The smallest absolute Gasteiger partial charge is 0.258 e. The molecule has 1 aromatic carbocycles. The molecule has 0 spiro atoms. The third-order valence-corrected chi connectivity index (χ3v) is 2.46. The van der Waals surface area contributed by atoms with Gasteiger partial charge in [-0.1, -0.05) is 0 Å². The Morgan fingerprint density at radius 1 is 1.28 bits per heavy atom. The van der Waals surface area contributed by atoms with E-state index in [1.54, 1.807) is 6.92 Å². The van der Waals surface area contributed by atoms with E-state index in [2.05, 4.69) is 4.98 Å². The Morgan fingerprint density at radius 2 is 2.00 bits per heavy atom. The van der Waals surface area contributed by atoms with Crippen molar-refractivity contribution >= 4 is 5.69 Å². The predicted octanol–water partition coefficient (Wildman–Crippen LogP) is 3.24. The quantitative estimate of drug-likeness (QED) is 0.607. The van der Waals surface area contributed by atoms with Gasteiger partial charge in [-0.05, 0) is 24.6 Å². The molecular weight excluding hydrogens is 242 g/mol. The van der Waals surface area contributed by atoms with Crippen LogP contribution in [-0.4, -0.2) is 9.91 Å². The minimum Gasteiger partial charge on any atom is -0.258 e. The van der Waals surface area contributed by atoms with Crippen molar-refractivity contribution in [2.45, 2.75) is 6.92 Å². The van der Waals surface area contributed by atoms with Crippen molar-refractivity contribution in [1.82, 2.24) is 4.98 Å². The van der Waals surface area contributed by atoms with E-state index in [1.807, 2.05) is 0 Å². The predicted molar refractivity (Wildman–Crippen MR) is 61.0 cm³/mol. The Labute approximate surface area is 101 Å². The molecule has 0 amide bonds. The summed E-state index contributed by atoms with van der Waals surface area (Å²) in [7, 11) is 0. The fourth-order valence-corrected chi connectivity index (χ4v) is 1.62. The molecule has 0 fully saturated rings. The molecule has 6 heteroatoms. The van der Waals surface area contributed by atoms with Crippen LogP contribution in [0.5, 0.6) is 0 Å². The number of aromatic nitrogens is 1. The number of benzene rings is 1. The molecule has 0 N–H and O–H groups in total. The number of nitro groups is 1. The molecule has 18 heavy (non-hydrogen) atoms. The van der Waals surface area contributed by atoms with E-state index in [0.717, 1.165) is 18.3 Å². The molecule has 1 heterocycles. The molecule has 0 aliphatic heterocycles. The van der Waals surface area contributed by atoms with Crippen LogP contribution in [0.2, 0.25) is 0 Å². The molecule has 2 aromatic rings. The minimum absolute atomic E-state index is 0.115. The molecule has 1 aromatic heterocycles. The maximum Gasteiger partial charge on any atom is 0.287 e. The van der Waals surface area contributed by atoms with Crippen molar-refractivity contribution in [2.75, 3.05) is 0 Å². The van der Waals surface area contributed by atoms with Crippen molar-refractivity contribution in [3.63, 3.8) is 0 Å². The average molecular weight is 250 g/mol. The monoisotopic (exact) mass is 250 g/mol. The summed E-state index contributed by atoms with van der Waals surface area (Å²) in [6.45, 7) is 1.58. The van der Waals surface area contributed by atoms with Crippen LogP contribution in [0.3, 0.4) is 0 Å². The second kappa shape index (κ2) is 4.48. The molecule has 0 saturated heterocycles. The zero-order valence-corrected chi connectivity index (χ0v) is 9.35. The molecule has 4 nitrogen and oxygen atoms in total. The third-order valence-electron chi connectivity index (χ3n) is 2.46. The van der Waals surface area contributed by atoms with Crippen LogP contribution >= 0.6 is 0 Å². The molecule has 0 aliphatic carbocycles. The maximum atomic E-state index is 13.6. The molecule has 92 valence electrons. The summed E-state index contributed by atoms with van der Waals surface area (Å²) in [6.07, 6.45) is 1.05. The summed E-state index contributed by atoms with van der Waals surface area (Å²) in [5.74, 6) is -1.43. The van der Waals surface area contributed by atoms with Gasteiger partial charge in [0.25, 0.3) is 5.69 Å². The molecule has 0 aliphatic rings. The van der Waals surface area contributed by atoms with Gasteiger partial charge in [0.15, 0.2) is 0 Å². The van der Waals surface area contributed by atoms with Crippen LogP contribution in [-0.2, 0) is 0 Å². The molecule has 2 rings (SSSR count). The second-order valence-electron chi connectivity index (χ2n) is 3.74. The Kier molecular flexibility index (Phi) is 3.01. The van der Waals surface area contributed by atoms with E-state index >= 15 is 0 Å². The van der Waals surface area contributed by atoms with E-state index in [1.165, 1.54) is 12.1 Å². The first kappa shape index (κ1) is 12.1. The Bertz CT molecular complexity index is 629. The number of hydrogen-bond acceptors (Lipinski definition) is 3. The molecule has 0 unspecified atom stereocenters. The lowest BCUT2D eigenvalue weighted by Gasteiger charge is -2.06. The van der Waals surface area contributed by atoms with Gasteiger partial charge in [-0.2, -0.15) is 0 Å². The van der Waals surface area contributed by atoms with Crippen molar-refractivity contribution in [1.29, 1.82) is 0 Å². The van der Waals surface area contributed by atoms with Crippen LogP contribution in [0, 0.1) is 28.7 Å². The SMILES string of the molecule is Cc1cc([N+](=O)[O-])cnc1-c1ccc(F)cc1F. The highest BCUT2D eigenvalue weighted by Gasteiger charge is 2.14. The number of aryl methyl sites for hydroxylation is 1. The van der Waals surface area contributed by atoms with E-state index in [-0.39, 0.29) is 16.9 Å². The topological polar surface area (TPSA) is 56.0 Å². The zero-order valence-electron chi connectivity index (χ0n) is 9.35. The Morgan fingerprint density at radius 3 is 2.56 bits per heavy atom. The largest absolute Gasteiger partial charge is 0.287 e. The molecule has 0 saturated carbocycles. The average Bonchev–Trinajstić information content (AvgIpc) is 2.30. The van der Waals surface area contributed by atoms with Gasteiger partial charge >= 0.3 is 0 Å². The minimum atomic E-state index is -0.751. The molecular formula is C12H8F2N2O2. The van der Waals surface area contributed by atoms with Gasteiger partial charge in [0, 0.05) is 17.7 Å². The lowest BCUT2D eigenvalue weighted by molar-refractivity contribution is -0.385. The standard InChI is InChI=1S/C12H8F2N2O2/c1-7-4-9(16(17)18)6-15-12(7)10-3-2-8(13)5-11(10)14/h2-6H,1H3. The maximum absolute atomic E-state index is 13.6. The fraction of sp³-hybridized carbons (Fsp3) is 0.0833. The van der Waals surface area contributed by atoms with Crippen LogP contribution in [0.15, 0.2) is 30.5 Å². The Balaban J connectivity index is 2.54. The summed E-state index contributed by atoms with van der Waals surface area (Å²) in [6, 6.07) is 4.41.